The monoisotopic (exact) mass is 460 g/mol. The molecular weight excluding hydrogens is 435 g/mol. The molecule has 2 heterocycles. The average molecular weight is 461 g/mol. The van der Waals surface area contributed by atoms with Crippen LogP contribution in [-0.2, 0) is 17.6 Å². The van der Waals surface area contributed by atoms with Crippen molar-refractivity contribution >= 4 is 11.6 Å². The van der Waals surface area contributed by atoms with E-state index in [1.165, 1.54) is 6.07 Å². The van der Waals surface area contributed by atoms with Crippen LogP contribution in [0.5, 0.6) is 0 Å². The van der Waals surface area contributed by atoms with Crippen molar-refractivity contribution in [2.45, 2.75) is 50.0 Å². The van der Waals surface area contributed by atoms with Crippen LogP contribution < -0.4 is 0 Å². The first kappa shape index (κ1) is 22.2. The number of nitrogens with zero attached hydrogens (tertiary/aromatic N) is 6. The molecule has 1 amide bonds. The number of amides is 1. The molecule has 0 radical (unpaired) electrons. The molecule has 1 unspecified atom stereocenters. The number of hydrogen-bond donors (Lipinski definition) is 1. The quantitative estimate of drug-likeness (QED) is 0.590. The molecule has 1 aliphatic carbocycles. The molecule has 1 N–H and O–H groups in total. The molecule has 0 saturated carbocycles. The van der Waals surface area contributed by atoms with Crippen molar-refractivity contribution in [3.05, 3.63) is 76.7 Å². The third kappa shape index (κ3) is 4.29. The van der Waals surface area contributed by atoms with E-state index in [2.05, 4.69) is 20.4 Å². The number of aryl methyl sites for hydroxylation is 2. The Labute approximate surface area is 196 Å². The molecule has 1 atom stereocenters. The second kappa shape index (κ2) is 8.95. The number of aromatic nitrogens is 4. The van der Waals surface area contributed by atoms with E-state index in [1.807, 2.05) is 23.1 Å². The number of benzene rings is 2. The number of rotatable bonds is 5. The Morgan fingerprint density at radius 2 is 2.06 bits per heavy atom. The average Bonchev–Trinajstić information content (AvgIpc) is 3.53. The fraction of sp³-hybridized carbons (Fsp3) is 0.400. The van der Waals surface area contributed by atoms with Gasteiger partial charge in [-0.1, -0.05) is 23.8 Å². The van der Waals surface area contributed by atoms with Gasteiger partial charge in [-0.3, -0.25) is 4.79 Å². The van der Waals surface area contributed by atoms with Crippen molar-refractivity contribution in [1.29, 1.82) is 0 Å². The summed E-state index contributed by atoms with van der Waals surface area (Å²) in [6.45, 7) is 8.09. The van der Waals surface area contributed by atoms with Crippen molar-refractivity contribution < 1.29 is 14.3 Å². The largest absolute Gasteiger partial charge is 0.390 e. The molecule has 2 aliphatic rings. The van der Waals surface area contributed by atoms with Gasteiger partial charge in [-0.05, 0) is 78.3 Å². The standard InChI is InChI=1S/C25H25FN6O2/c1-27-23-14-17(2-7-22(23)26)8-9-25(34)10-12-31(13-11-25)24(33)21-5-3-18-15-19(4-6-20(18)21)32-16-28-29-30-32/h2,4,6-7,14-16,21,34H,3,5,8-13H2. The Bertz CT molecular complexity index is 1240. The van der Waals surface area contributed by atoms with Crippen LogP contribution in [0.15, 0.2) is 42.7 Å². The second-order valence-electron chi connectivity index (χ2n) is 9.18. The zero-order valence-electron chi connectivity index (χ0n) is 18.7. The Balaban J connectivity index is 1.19. The highest BCUT2D eigenvalue weighted by Crippen LogP contribution is 2.37. The van der Waals surface area contributed by atoms with Crippen LogP contribution in [0.25, 0.3) is 10.5 Å². The predicted octanol–water partition coefficient (Wildman–Crippen LogP) is 3.37. The zero-order valence-corrected chi connectivity index (χ0v) is 18.7. The number of halogens is 1. The maximum Gasteiger partial charge on any atom is 0.230 e. The molecule has 9 heteroatoms. The third-order valence-electron chi connectivity index (χ3n) is 7.13. The van der Waals surface area contributed by atoms with Crippen molar-refractivity contribution in [1.82, 2.24) is 25.1 Å². The predicted molar refractivity (Wildman–Crippen MR) is 122 cm³/mol. The number of carbonyl (C=O) groups excluding carboxylic acids is 1. The maximum absolute atomic E-state index is 13.6. The highest BCUT2D eigenvalue weighted by atomic mass is 19.1. The molecule has 2 aromatic carbocycles. The Morgan fingerprint density at radius 1 is 1.24 bits per heavy atom. The van der Waals surface area contributed by atoms with Gasteiger partial charge in [0, 0.05) is 13.1 Å². The van der Waals surface area contributed by atoms with Gasteiger partial charge in [-0.15, -0.1) is 5.10 Å². The number of tetrazole rings is 1. The first-order chi connectivity index (χ1) is 16.5. The van der Waals surface area contributed by atoms with Crippen LogP contribution in [0, 0.1) is 12.4 Å². The fourth-order valence-corrected chi connectivity index (χ4v) is 5.07. The number of aliphatic hydroxyl groups is 1. The minimum Gasteiger partial charge on any atom is -0.390 e. The summed E-state index contributed by atoms with van der Waals surface area (Å²) in [5.74, 6) is -0.559. The Morgan fingerprint density at radius 3 is 2.79 bits per heavy atom. The van der Waals surface area contributed by atoms with Gasteiger partial charge < -0.3 is 10.0 Å². The van der Waals surface area contributed by atoms with Gasteiger partial charge in [0.05, 0.1) is 23.8 Å². The molecule has 174 valence electrons. The first-order valence-corrected chi connectivity index (χ1v) is 11.5. The lowest BCUT2D eigenvalue weighted by atomic mass is 9.85. The molecule has 1 saturated heterocycles. The molecule has 0 spiro atoms. The number of likely N-dealkylation sites (tertiary alicyclic amines) is 1. The summed E-state index contributed by atoms with van der Waals surface area (Å²) in [5.41, 5.74) is 3.07. The van der Waals surface area contributed by atoms with Gasteiger partial charge in [0.2, 0.25) is 11.6 Å². The number of fused-ring (bicyclic) bond motifs is 1. The molecule has 1 aromatic heterocycles. The minimum atomic E-state index is -0.863. The van der Waals surface area contributed by atoms with Crippen LogP contribution in [0.4, 0.5) is 10.1 Å². The minimum absolute atomic E-state index is 0.00632. The second-order valence-corrected chi connectivity index (χ2v) is 9.18. The van der Waals surface area contributed by atoms with E-state index in [-0.39, 0.29) is 17.5 Å². The molecule has 8 nitrogen and oxygen atoms in total. The Kier molecular flexibility index (Phi) is 5.84. The molecule has 0 bridgehead atoms. The van der Waals surface area contributed by atoms with Gasteiger partial charge in [0.1, 0.15) is 12.1 Å². The summed E-state index contributed by atoms with van der Waals surface area (Å²) in [6.07, 6.45) is 5.26. The summed E-state index contributed by atoms with van der Waals surface area (Å²) >= 11 is 0. The molecule has 3 aromatic rings. The fourth-order valence-electron chi connectivity index (χ4n) is 5.07. The SMILES string of the molecule is [C-]#[N+]c1cc(CCC2(O)CCN(C(=O)C3CCc4cc(-n5cnnn5)ccc43)CC2)ccc1F. The molecule has 34 heavy (non-hydrogen) atoms. The Hall–Kier alpha value is -3.64. The topological polar surface area (TPSA) is 88.5 Å². The van der Waals surface area contributed by atoms with Gasteiger partial charge in [-0.25, -0.2) is 13.9 Å². The van der Waals surface area contributed by atoms with E-state index in [4.69, 9.17) is 6.57 Å². The van der Waals surface area contributed by atoms with Crippen LogP contribution in [0.3, 0.4) is 0 Å². The third-order valence-corrected chi connectivity index (χ3v) is 7.13. The van der Waals surface area contributed by atoms with E-state index in [9.17, 15) is 14.3 Å². The van der Waals surface area contributed by atoms with Crippen molar-refractivity contribution in [2.24, 2.45) is 0 Å². The van der Waals surface area contributed by atoms with Crippen LogP contribution in [0.1, 0.15) is 48.3 Å². The maximum atomic E-state index is 13.6. The lowest BCUT2D eigenvalue weighted by Crippen LogP contribution is -2.48. The van der Waals surface area contributed by atoms with Crippen molar-refractivity contribution in [2.75, 3.05) is 13.1 Å². The molecule has 1 fully saturated rings. The first-order valence-electron chi connectivity index (χ1n) is 11.5. The van der Waals surface area contributed by atoms with Crippen LogP contribution >= 0.6 is 0 Å². The smallest absolute Gasteiger partial charge is 0.230 e. The van der Waals surface area contributed by atoms with Gasteiger partial charge in [0.25, 0.3) is 0 Å². The van der Waals surface area contributed by atoms with Crippen LogP contribution in [-0.4, -0.2) is 54.8 Å². The molecule has 5 rings (SSSR count). The zero-order chi connectivity index (χ0) is 23.7. The normalized spacial score (nSPS) is 19.0. The summed E-state index contributed by atoms with van der Waals surface area (Å²) in [6, 6.07) is 10.5. The highest BCUT2D eigenvalue weighted by molar-refractivity contribution is 5.85. The van der Waals surface area contributed by atoms with E-state index in [0.717, 1.165) is 35.2 Å². The van der Waals surface area contributed by atoms with E-state index in [0.29, 0.717) is 38.8 Å². The summed E-state index contributed by atoms with van der Waals surface area (Å²) in [5, 5.41) is 22.3. The lowest BCUT2D eigenvalue weighted by Gasteiger charge is -2.39. The van der Waals surface area contributed by atoms with E-state index in [1.54, 1.807) is 23.1 Å². The van der Waals surface area contributed by atoms with Crippen LogP contribution in [0.2, 0.25) is 0 Å². The summed E-state index contributed by atoms with van der Waals surface area (Å²) in [7, 11) is 0. The van der Waals surface area contributed by atoms with E-state index >= 15 is 0 Å². The number of hydrogen-bond acceptors (Lipinski definition) is 5. The lowest BCUT2D eigenvalue weighted by molar-refractivity contribution is -0.137. The van der Waals surface area contributed by atoms with Gasteiger partial charge in [0.15, 0.2) is 0 Å². The highest BCUT2D eigenvalue weighted by Gasteiger charge is 2.37. The summed E-state index contributed by atoms with van der Waals surface area (Å²) < 4.78 is 15.2. The number of piperidine rings is 1. The molecule has 1 aliphatic heterocycles. The number of carbonyl (C=O) groups is 1. The molecular formula is C25H25FN6O2. The summed E-state index contributed by atoms with van der Waals surface area (Å²) in [4.78, 5) is 18.4. The van der Waals surface area contributed by atoms with Gasteiger partial charge >= 0.3 is 0 Å². The van der Waals surface area contributed by atoms with Crippen molar-refractivity contribution in [3.8, 4) is 5.69 Å². The van der Waals surface area contributed by atoms with Crippen molar-refractivity contribution in [3.63, 3.8) is 0 Å². The van der Waals surface area contributed by atoms with Gasteiger partial charge in [-0.2, -0.15) is 0 Å². The van der Waals surface area contributed by atoms with E-state index < -0.39 is 11.4 Å².